The van der Waals surface area contributed by atoms with Gasteiger partial charge in [0.25, 0.3) is 0 Å². The van der Waals surface area contributed by atoms with Crippen molar-refractivity contribution >= 4 is 0 Å². The lowest BCUT2D eigenvalue weighted by Crippen LogP contribution is -2.40. The van der Waals surface area contributed by atoms with E-state index in [4.69, 9.17) is 19.5 Å². The van der Waals surface area contributed by atoms with Crippen LogP contribution in [0, 0.1) is 11.3 Å². The first-order valence-corrected chi connectivity index (χ1v) is 4.58. The highest BCUT2D eigenvalue weighted by Gasteiger charge is 2.33. The molecule has 1 unspecified atom stereocenters. The molecule has 0 aliphatic carbocycles. The average molecular weight is 205 g/mol. The Morgan fingerprint density at radius 1 is 1.47 bits per heavy atom. The molecule has 15 heavy (non-hydrogen) atoms. The zero-order chi connectivity index (χ0) is 10.9. The summed E-state index contributed by atoms with van der Waals surface area (Å²) in [6.07, 6.45) is 0. The number of hydrogen-bond donors (Lipinski definition) is 0. The van der Waals surface area contributed by atoms with E-state index in [9.17, 15) is 0 Å². The third-order valence-electron chi connectivity index (χ3n) is 2.23. The topological polar surface area (TPSA) is 51.5 Å². The fourth-order valence-corrected chi connectivity index (χ4v) is 1.36. The molecule has 0 fully saturated rings. The maximum Gasteiger partial charge on any atom is 0.225 e. The van der Waals surface area contributed by atoms with Gasteiger partial charge in [-0.15, -0.1) is 0 Å². The standard InChI is InChI=1S/C11H11NO3/c1-11(6-12)7-14-9-4-3-8(13-2)5-10(9)15-11/h3-5H,7H2,1-2H3. The van der Waals surface area contributed by atoms with Crippen LogP contribution in [-0.2, 0) is 0 Å². The van der Waals surface area contributed by atoms with Crippen molar-refractivity contribution in [1.29, 1.82) is 5.26 Å². The summed E-state index contributed by atoms with van der Waals surface area (Å²) in [5.41, 5.74) is -0.917. The van der Waals surface area contributed by atoms with E-state index in [-0.39, 0.29) is 6.61 Å². The molecule has 1 aromatic rings. The smallest absolute Gasteiger partial charge is 0.225 e. The van der Waals surface area contributed by atoms with E-state index < -0.39 is 5.60 Å². The van der Waals surface area contributed by atoms with Gasteiger partial charge in [-0.25, -0.2) is 0 Å². The molecule has 2 rings (SSSR count). The highest BCUT2D eigenvalue weighted by atomic mass is 16.6. The molecule has 4 nitrogen and oxygen atoms in total. The van der Waals surface area contributed by atoms with Crippen molar-refractivity contribution in [2.24, 2.45) is 0 Å². The molecule has 1 heterocycles. The maximum atomic E-state index is 8.92. The van der Waals surface area contributed by atoms with Gasteiger partial charge in [-0.05, 0) is 19.1 Å². The Balaban J connectivity index is 2.36. The summed E-state index contributed by atoms with van der Waals surface area (Å²) in [6.45, 7) is 1.93. The maximum absolute atomic E-state index is 8.92. The second kappa shape index (κ2) is 3.35. The highest BCUT2D eigenvalue weighted by Crippen LogP contribution is 2.37. The van der Waals surface area contributed by atoms with Gasteiger partial charge in [0.2, 0.25) is 5.60 Å². The van der Waals surface area contributed by atoms with Crippen LogP contribution in [0.1, 0.15) is 6.92 Å². The molecular weight excluding hydrogens is 194 g/mol. The zero-order valence-corrected chi connectivity index (χ0v) is 8.61. The van der Waals surface area contributed by atoms with E-state index in [2.05, 4.69) is 6.07 Å². The first kappa shape index (κ1) is 9.66. The lowest BCUT2D eigenvalue weighted by atomic mass is 10.1. The number of fused-ring (bicyclic) bond motifs is 1. The second-order valence-electron chi connectivity index (χ2n) is 3.55. The van der Waals surface area contributed by atoms with Gasteiger partial charge >= 0.3 is 0 Å². The quantitative estimate of drug-likeness (QED) is 0.700. The van der Waals surface area contributed by atoms with Crippen molar-refractivity contribution in [2.45, 2.75) is 12.5 Å². The number of hydrogen-bond acceptors (Lipinski definition) is 4. The van der Waals surface area contributed by atoms with E-state index in [1.165, 1.54) is 0 Å². The lowest BCUT2D eigenvalue weighted by molar-refractivity contribution is 0.0500. The summed E-state index contributed by atoms with van der Waals surface area (Å²) in [4.78, 5) is 0. The minimum atomic E-state index is -0.917. The van der Waals surface area contributed by atoms with Gasteiger partial charge in [-0.1, -0.05) is 0 Å². The van der Waals surface area contributed by atoms with Crippen LogP contribution in [0.15, 0.2) is 18.2 Å². The predicted octanol–water partition coefficient (Wildman–Crippen LogP) is 1.75. The number of methoxy groups -OCH3 is 1. The van der Waals surface area contributed by atoms with Crippen LogP contribution in [0.3, 0.4) is 0 Å². The van der Waals surface area contributed by atoms with Crippen LogP contribution in [0.25, 0.3) is 0 Å². The molecular formula is C11H11NO3. The van der Waals surface area contributed by atoms with Gasteiger partial charge in [-0.3, -0.25) is 0 Å². The van der Waals surface area contributed by atoms with Gasteiger partial charge in [-0.2, -0.15) is 5.26 Å². The fraction of sp³-hybridized carbons (Fsp3) is 0.364. The van der Waals surface area contributed by atoms with Gasteiger partial charge < -0.3 is 14.2 Å². The van der Waals surface area contributed by atoms with Crippen molar-refractivity contribution in [2.75, 3.05) is 13.7 Å². The summed E-state index contributed by atoms with van der Waals surface area (Å²) >= 11 is 0. The van der Waals surface area contributed by atoms with Crippen LogP contribution in [-0.4, -0.2) is 19.3 Å². The molecule has 0 saturated heterocycles. The molecule has 1 aromatic carbocycles. The molecule has 0 spiro atoms. The molecule has 1 aliphatic heterocycles. The molecule has 1 atom stereocenters. The number of nitrogens with zero attached hydrogens (tertiary/aromatic N) is 1. The Morgan fingerprint density at radius 3 is 2.93 bits per heavy atom. The summed E-state index contributed by atoms with van der Waals surface area (Å²) in [5, 5.41) is 8.92. The summed E-state index contributed by atoms with van der Waals surface area (Å²) < 4.78 is 16.0. The van der Waals surface area contributed by atoms with Crippen LogP contribution in [0.5, 0.6) is 17.2 Å². The van der Waals surface area contributed by atoms with E-state index in [0.717, 1.165) is 0 Å². The third kappa shape index (κ3) is 1.68. The average Bonchev–Trinajstić information content (AvgIpc) is 2.28. The van der Waals surface area contributed by atoms with Crippen molar-refractivity contribution < 1.29 is 14.2 Å². The van der Waals surface area contributed by atoms with Crippen LogP contribution < -0.4 is 14.2 Å². The van der Waals surface area contributed by atoms with Crippen molar-refractivity contribution in [3.8, 4) is 23.3 Å². The summed E-state index contributed by atoms with van der Waals surface area (Å²) in [6, 6.07) is 7.34. The Morgan fingerprint density at radius 2 is 2.27 bits per heavy atom. The Hall–Kier alpha value is -1.89. The molecule has 0 radical (unpaired) electrons. The highest BCUT2D eigenvalue weighted by molar-refractivity contribution is 5.47. The Kier molecular flexibility index (Phi) is 2.16. The first-order valence-electron chi connectivity index (χ1n) is 4.58. The molecule has 78 valence electrons. The van der Waals surface area contributed by atoms with E-state index in [1.54, 1.807) is 32.2 Å². The molecule has 0 bridgehead atoms. The minimum Gasteiger partial charge on any atom is -0.497 e. The fourth-order valence-electron chi connectivity index (χ4n) is 1.36. The Bertz CT molecular complexity index is 424. The van der Waals surface area contributed by atoms with Gasteiger partial charge in [0, 0.05) is 6.07 Å². The molecule has 4 heteroatoms. The molecule has 0 N–H and O–H groups in total. The van der Waals surface area contributed by atoms with Crippen molar-refractivity contribution in [3.63, 3.8) is 0 Å². The van der Waals surface area contributed by atoms with Crippen LogP contribution in [0.4, 0.5) is 0 Å². The first-order chi connectivity index (χ1) is 7.17. The van der Waals surface area contributed by atoms with Gasteiger partial charge in [0.15, 0.2) is 11.5 Å². The normalized spacial score (nSPS) is 23.0. The second-order valence-corrected chi connectivity index (χ2v) is 3.55. The summed E-state index contributed by atoms with van der Waals surface area (Å²) in [7, 11) is 1.58. The van der Waals surface area contributed by atoms with E-state index in [0.29, 0.717) is 17.2 Å². The minimum absolute atomic E-state index is 0.239. The van der Waals surface area contributed by atoms with Crippen molar-refractivity contribution in [3.05, 3.63) is 18.2 Å². The molecule has 0 aromatic heterocycles. The number of benzene rings is 1. The van der Waals surface area contributed by atoms with E-state index >= 15 is 0 Å². The summed E-state index contributed by atoms with van der Waals surface area (Å²) in [5.74, 6) is 1.87. The van der Waals surface area contributed by atoms with Crippen molar-refractivity contribution in [1.82, 2.24) is 0 Å². The Labute approximate surface area is 88.0 Å². The van der Waals surface area contributed by atoms with Crippen LogP contribution in [0.2, 0.25) is 0 Å². The monoisotopic (exact) mass is 205 g/mol. The molecule has 0 amide bonds. The number of ether oxygens (including phenoxy) is 3. The van der Waals surface area contributed by atoms with Gasteiger partial charge in [0.05, 0.1) is 7.11 Å². The van der Waals surface area contributed by atoms with Gasteiger partial charge in [0.1, 0.15) is 18.4 Å². The van der Waals surface area contributed by atoms with Crippen LogP contribution >= 0.6 is 0 Å². The zero-order valence-electron chi connectivity index (χ0n) is 8.61. The third-order valence-corrected chi connectivity index (χ3v) is 2.23. The SMILES string of the molecule is COc1ccc2c(c1)OC(C)(C#N)CO2. The molecule has 0 saturated carbocycles. The number of rotatable bonds is 1. The van der Waals surface area contributed by atoms with E-state index in [1.807, 2.05) is 0 Å². The number of nitriles is 1. The lowest BCUT2D eigenvalue weighted by Gasteiger charge is -2.30. The molecule has 1 aliphatic rings. The largest absolute Gasteiger partial charge is 0.497 e. The predicted molar refractivity (Wildman–Crippen MR) is 53.1 cm³/mol.